The van der Waals surface area contributed by atoms with Crippen molar-refractivity contribution in [3.63, 3.8) is 0 Å². The average molecular weight is 381 g/mol. The Kier molecular flexibility index (Phi) is 6.03. The molecule has 0 radical (unpaired) electrons. The Labute approximate surface area is 141 Å². The van der Waals surface area contributed by atoms with Gasteiger partial charge in [-0.05, 0) is 47.1 Å². The van der Waals surface area contributed by atoms with Crippen LogP contribution in [0.15, 0.2) is 34.9 Å². The number of ketones is 1. The van der Waals surface area contributed by atoms with Crippen LogP contribution in [0, 0.1) is 0 Å². The molecule has 0 bridgehead atoms. The predicted octanol–water partition coefficient (Wildman–Crippen LogP) is 1.95. The van der Waals surface area contributed by atoms with Crippen molar-refractivity contribution in [2.75, 3.05) is 23.8 Å². The summed E-state index contributed by atoms with van der Waals surface area (Å²) in [6, 6.07) is 6.45. The maximum absolute atomic E-state index is 11.3. The molecule has 122 valence electrons. The van der Waals surface area contributed by atoms with Crippen molar-refractivity contribution in [3.05, 3.63) is 40.5 Å². The smallest absolute Gasteiger partial charge is 0.229 e. The van der Waals surface area contributed by atoms with E-state index < -0.39 is 6.04 Å². The number of aliphatic hydroxyl groups is 2. The fourth-order valence-electron chi connectivity index (χ4n) is 1.79. The largest absolute Gasteiger partial charge is 0.394 e. The maximum Gasteiger partial charge on any atom is 0.229 e. The monoisotopic (exact) mass is 380 g/mol. The Hall–Kier alpha value is -2.03. The molecular formula is C15H17BrN4O3. The third kappa shape index (κ3) is 4.72. The fourth-order valence-corrected chi connectivity index (χ4v) is 2.09. The minimum atomic E-state index is -0.510. The fraction of sp³-hybridized carbons (Fsp3) is 0.267. The molecule has 1 heterocycles. The number of benzene rings is 1. The van der Waals surface area contributed by atoms with E-state index in [-0.39, 0.29) is 19.0 Å². The molecular weight excluding hydrogens is 364 g/mol. The van der Waals surface area contributed by atoms with E-state index in [0.717, 1.165) is 5.69 Å². The van der Waals surface area contributed by atoms with Crippen molar-refractivity contribution in [2.45, 2.75) is 13.0 Å². The van der Waals surface area contributed by atoms with Crippen LogP contribution in [0.1, 0.15) is 17.3 Å². The molecule has 1 aromatic heterocycles. The van der Waals surface area contributed by atoms with Crippen molar-refractivity contribution >= 4 is 39.2 Å². The summed E-state index contributed by atoms with van der Waals surface area (Å²) in [5.41, 5.74) is 1.37. The molecule has 8 heteroatoms. The van der Waals surface area contributed by atoms with Gasteiger partial charge >= 0.3 is 0 Å². The van der Waals surface area contributed by atoms with Crippen LogP contribution in [0.2, 0.25) is 0 Å². The lowest BCUT2D eigenvalue weighted by molar-refractivity contribution is 0.101. The second-order valence-corrected chi connectivity index (χ2v) is 5.71. The molecule has 23 heavy (non-hydrogen) atoms. The van der Waals surface area contributed by atoms with Crippen LogP contribution in [0.3, 0.4) is 0 Å². The van der Waals surface area contributed by atoms with Gasteiger partial charge in [0.15, 0.2) is 5.78 Å². The summed E-state index contributed by atoms with van der Waals surface area (Å²) >= 11 is 3.31. The highest BCUT2D eigenvalue weighted by atomic mass is 79.9. The Morgan fingerprint density at radius 2 is 1.91 bits per heavy atom. The molecule has 0 unspecified atom stereocenters. The standard InChI is InChI=1S/C15H17BrN4O3/c1-9(23)10-2-4-11(5-3-10)19-15-17-6-13(16)14(20-15)18-12(7-21)8-22/h2-6,12,21-22H,7-8H2,1H3,(H2,17,18,19,20). The van der Waals surface area contributed by atoms with Gasteiger partial charge in [0.05, 0.1) is 23.7 Å². The summed E-state index contributed by atoms with van der Waals surface area (Å²) in [5.74, 6) is 0.804. The number of carbonyl (C=O) groups is 1. The van der Waals surface area contributed by atoms with E-state index in [4.69, 9.17) is 10.2 Å². The number of hydrogen-bond acceptors (Lipinski definition) is 7. The van der Waals surface area contributed by atoms with Gasteiger partial charge in [-0.3, -0.25) is 4.79 Å². The number of nitrogens with one attached hydrogen (secondary N) is 2. The Morgan fingerprint density at radius 1 is 1.26 bits per heavy atom. The molecule has 2 rings (SSSR count). The van der Waals surface area contributed by atoms with E-state index in [2.05, 4.69) is 36.5 Å². The molecule has 0 aliphatic heterocycles. The lowest BCUT2D eigenvalue weighted by Crippen LogP contribution is -2.28. The van der Waals surface area contributed by atoms with Crippen molar-refractivity contribution < 1.29 is 15.0 Å². The summed E-state index contributed by atoms with van der Waals surface area (Å²) in [7, 11) is 0. The van der Waals surface area contributed by atoms with Gasteiger partial charge in [-0.1, -0.05) is 0 Å². The van der Waals surface area contributed by atoms with E-state index >= 15 is 0 Å². The third-order valence-electron chi connectivity index (χ3n) is 3.07. The summed E-state index contributed by atoms with van der Waals surface area (Å²) in [4.78, 5) is 19.7. The Bertz CT molecular complexity index is 675. The lowest BCUT2D eigenvalue weighted by atomic mass is 10.1. The molecule has 0 fully saturated rings. The van der Waals surface area contributed by atoms with E-state index in [9.17, 15) is 4.79 Å². The van der Waals surface area contributed by atoms with Gasteiger partial charge in [0, 0.05) is 17.4 Å². The topological polar surface area (TPSA) is 107 Å². The second-order valence-electron chi connectivity index (χ2n) is 4.86. The van der Waals surface area contributed by atoms with Crippen molar-refractivity contribution in [1.82, 2.24) is 9.97 Å². The Balaban J connectivity index is 2.15. The highest BCUT2D eigenvalue weighted by molar-refractivity contribution is 9.10. The first-order valence-corrected chi connectivity index (χ1v) is 7.71. The van der Waals surface area contributed by atoms with E-state index in [1.54, 1.807) is 30.5 Å². The van der Waals surface area contributed by atoms with Crippen LogP contribution < -0.4 is 10.6 Å². The zero-order valence-electron chi connectivity index (χ0n) is 12.5. The number of aromatic nitrogens is 2. The number of aliphatic hydroxyl groups excluding tert-OH is 2. The first-order valence-electron chi connectivity index (χ1n) is 6.92. The normalized spacial score (nSPS) is 10.7. The maximum atomic E-state index is 11.3. The highest BCUT2D eigenvalue weighted by Gasteiger charge is 2.11. The van der Waals surface area contributed by atoms with Crippen LogP contribution >= 0.6 is 15.9 Å². The summed E-state index contributed by atoms with van der Waals surface area (Å²) in [5, 5.41) is 24.2. The highest BCUT2D eigenvalue weighted by Crippen LogP contribution is 2.22. The van der Waals surface area contributed by atoms with Gasteiger partial charge < -0.3 is 20.8 Å². The van der Waals surface area contributed by atoms with Gasteiger partial charge in [0.25, 0.3) is 0 Å². The molecule has 0 spiro atoms. The number of halogens is 1. The average Bonchev–Trinajstić information content (AvgIpc) is 2.55. The van der Waals surface area contributed by atoms with Crippen molar-refractivity contribution in [3.8, 4) is 0 Å². The molecule has 0 aliphatic carbocycles. The van der Waals surface area contributed by atoms with Gasteiger partial charge in [-0.15, -0.1) is 0 Å². The minimum absolute atomic E-state index is 0.00183. The van der Waals surface area contributed by atoms with Crippen LogP contribution in [0.25, 0.3) is 0 Å². The molecule has 1 aromatic carbocycles. The van der Waals surface area contributed by atoms with Crippen molar-refractivity contribution in [2.24, 2.45) is 0 Å². The van der Waals surface area contributed by atoms with Crippen LogP contribution in [-0.2, 0) is 0 Å². The van der Waals surface area contributed by atoms with Gasteiger partial charge in [-0.25, -0.2) is 4.98 Å². The number of Topliss-reactive ketones (excluding diaryl/α,β-unsaturated/α-hetero) is 1. The second kappa shape index (κ2) is 8.00. The van der Waals surface area contributed by atoms with Crippen molar-refractivity contribution in [1.29, 1.82) is 0 Å². The summed E-state index contributed by atoms with van der Waals surface area (Å²) in [6.45, 7) is 1.07. The van der Waals surface area contributed by atoms with E-state index in [1.165, 1.54) is 6.92 Å². The number of hydrogen-bond donors (Lipinski definition) is 4. The number of rotatable bonds is 7. The van der Waals surface area contributed by atoms with E-state index in [1.807, 2.05) is 0 Å². The molecule has 0 aliphatic rings. The zero-order valence-corrected chi connectivity index (χ0v) is 14.0. The van der Waals surface area contributed by atoms with Gasteiger partial charge in [-0.2, -0.15) is 4.98 Å². The van der Waals surface area contributed by atoms with Crippen LogP contribution in [-0.4, -0.2) is 45.2 Å². The minimum Gasteiger partial charge on any atom is -0.394 e. The van der Waals surface area contributed by atoms with Crippen LogP contribution in [0.4, 0.5) is 17.5 Å². The molecule has 0 saturated heterocycles. The predicted molar refractivity (Wildman–Crippen MR) is 91.0 cm³/mol. The number of anilines is 3. The number of carbonyl (C=O) groups excluding carboxylic acids is 1. The zero-order chi connectivity index (χ0) is 16.8. The SMILES string of the molecule is CC(=O)c1ccc(Nc2ncc(Br)c(NC(CO)CO)n2)cc1. The van der Waals surface area contributed by atoms with E-state index in [0.29, 0.717) is 21.8 Å². The molecule has 0 saturated carbocycles. The molecule has 0 amide bonds. The third-order valence-corrected chi connectivity index (χ3v) is 3.65. The molecule has 4 N–H and O–H groups in total. The number of nitrogens with zero attached hydrogens (tertiary/aromatic N) is 2. The Morgan fingerprint density at radius 3 is 2.48 bits per heavy atom. The molecule has 2 aromatic rings. The molecule has 7 nitrogen and oxygen atoms in total. The van der Waals surface area contributed by atoms with Gasteiger partial charge in [0.1, 0.15) is 5.82 Å². The quantitative estimate of drug-likeness (QED) is 0.543. The first-order chi connectivity index (χ1) is 11.0. The van der Waals surface area contributed by atoms with Gasteiger partial charge in [0.2, 0.25) is 5.95 Å². The summed E-state index contributed by atoms with van der Waals surface area (Å²) < 4.78 is 0.613. The summed E-state index contributed by atoms with van der Waals surface area (Å²) in [6.07, 6.45) is 1.56. The lowest BCUT2D eigenvalue weighted by Gasteiger charge is -2.15. The molecule has 0 atom stereocenters. The first kappa shape index (κ1) is 17.3. The van der Waals surface area contributed by atoms with Crippen LogP contribution in [0.5, 0.6) is 0 Å².